The van der Waals surface area contributed by atoms with Crippen LogP contribution in [0, 0.1) is 0 Å². The molecule has 1 aliphatic heterocycles. The van der Waals surface area contributed by atoms with Gasteiger partial charge in [-0.15, -0.1) is 0 Å². The lowest BCUT2D eigenvalue weighted by Gasteiger charge is -2.24. The molecule has 0 radical (unpaired) electrons. The molecule has 0 spiro atoms. The Morgan fingerprint density at radius 3 is 2.88 bits per heavy atom. The predicted octanol–water partition coefficient (Wildman–Crippen LogP) is 0.391. The minimum atomic E-state index is 0.639. The lowest BCUT2D eigenvalue weighted by molar-refractivity contribution is 0.290. The van der Waals surface area contributed by atoms with E-state index in [1.54, 1.807) is 0 Å². The van der Waals surface area contributed by atoms with Gasteiger partial charge in [-0.2, -0.15) is 0 Å². The Hall–Kier alpha value is -0.370. The zero-order valence-electron chi connectivity index (χ0n) is 5.46. The summed E-state index contributed by atoms with van der Waals surface area (Å²) in [6.45, 7) is 4.17. The van der Waals surface area contributed by atoms with Crippen LogP contribution in [0.3, 0.4) is 0 Å². The highest BCUT2D eigenvalue weighted by Gasteiger charge is 2.08. The molecular weight excluding hydrogens is 100 g/mol. The third-order valence-electron chi connectivity index (χ3n) is 1.62. The van der Waals surface area contributed by atoms with Gasteiger partial charge in [0.05, 0.1) is 6.54 Å². The van der Waals surface area contributed by atoms with Gasteiger partial charge in [0.2, 0.25) is 0 Å². The van der Waals surface area contributed by atoms with Crippen LogP contribution in [-0.2, 0) is 0 Å². The summed E-state index contributed by atoms with van der Waals surface area (Å²) in [5, 5.41) is 0. The lowest BCUT2D eigenvalue weighted by Crippen LogP contribution is -2.36. The van der Waals surface area contributed by atoms with Crippen molar-refractivity contribution in [1.82, 2.24) is 4.90 Å². The van der Waals surface area contributed by atoms with E-state index in [1.807, 2.05) is 6.21 Å². The van der Waals surface area contributed by atoms with Gasteiger partial charge in [0.1, 0.15) is 0 Å². The number of hydrogen-bond donors (Lipinski definition) is 0. The van der Waals surface area contributed by atoms with Gasteiger partial charge in [-0.1, -0.05) is 0 Å². The van der Waals surface area contributed by atoms with Crippen LogP contribution >= 0.6 is 0 Å². The lowest BCUT2D eigenvalue weighted by atomic mass is 10.3. The van der Waals surface area contributed by atoms with Gasteiger partial charge in [0.15, 0.2) is 0 Å². The fraction of sp³-hybridized carbons (Fsp3) is 0.833. The molecule has 0 aromatic carbocycles. The summed E-state index contributed by atoms with van der Waals surface area (Å²) in [6.07, 6.45) is 1.97. The highest BCUT2D eigenvalue weighted by atomic mass is 15.2. The molecule has 1 atom stereocenters. The minimum absolute atomic E-state index is 0.639. The number of hydrogen-bond acceptors (Lipinski definition) is 2. The highest BCUT2D eigenvalue weighted by molar-refractivity contribution is 5.60. The van der Waals surface area contributed by atoms with Crippen LogP contribution in [-0.4, -0.2) is 37.3 Å². The molecule has 0 saturated heterocycles. The van der Waals surface area contributed by atoms with Crippen molar-refractivity contribution in [3.63, 3.8) is 0 Å². The van der Waals surface area contributed by atoms with Crippen molar-refractivity contribution in [3.8, 4) is 0 Å². The van der Waals surface area contributed by atoms with Crippen LogP contribution in [0.2, 0.25) is 0 Å². The maximum atomic E-state index is 4.14. The monoisotopic (exact) mass is 112 g/mol. The van der Waals surface area contributed by atoms with E-state index in [0.29, 0.717) is 6.04 Å². The quantitative estimate of drug-likeness (QED) is 0.442. The molecule has 0 bridgehead atoms. The van der Waals surface area contributed by atoms with E-state index < -0.39 is 0 Å². The van der Waals surface area contributed by atoms with Gasteiger partial charge < -0.3 is 0 Å². The first-order valence-corrected chi connectivity index (χ1v) is 2.99. The second kappa shape index (κ2) is 2.27. The second-order valence-electron chi connectivity index (χ2n) is 2.34. The highest BCUT2D eigenvalue weighted by Crippen LogP contribution is 1.97. The molecule has 1 aliphatic rings. The van der Waals surface area contributed by atoms with Crippen molar-refractivity contribution in [2.24, 2.45) is 4.99 Å². The van der Waals surface area contributed by atoms with Crippen LogP contribution in [0.1, 0.15) is 6.92 Å². The first-order chi connectivity index (χ1) is 3.80. The van der Waals surface area contributed by atoms with Crippen LogP contribution in [0.15, 0.2) is 4.99 Å². The summed E-state index contributed by atoms with van der Waals surface area (Å²) >= 11 is 0. The van der Waals surface area contributed by atoms with Crippen molar-refractivity contribution in [2.75, 3.05) is 20.1 Å². The molecule has 1 unspecified atom stereocenters. The SMILES string of the molecule is CC1CN=CCN1C. The van der Waals surface area contributed by atoms with Gasteiger partial charge >= 0.3 is 0 Å². The average Bonchev–Trinajstić information content (AvgIpc) is 1.77. The summed E-state index contributed by atoms with van der Waals surface area (Å²) < 4.78 is 0. The third kappa shape index (κ3) is 1.07. The van der Waals surface area contributed by atoms with E-state index in [9.17, 15) is 0 Å². The molecule has 2 heteroatoms. The average molecular weight is 112 g/mol. The number of rotatable bonds is 0. The molecule has 0 amide bonds. The zero-order chi connectivity index (χ0) is 5.98. The van der Waals surface area contributed by atoms with Crippen molar-refractivity contribution in [3.05, 3.63) is 0 Å². The van der Waals surface area contributed by atoms with Gasteiger partial charge in [-0.05, 0) is 14.0 Å². The third-order valence-corrected chi connectivity index (χ3v) is 1.62. The van der Waals surface area contributed by atoms with Crippen LogP contribution < -0.4 is 0 Å². The van der Waals surface area contributed by atoms with E-state index >= 15 is 0 Å². The summed E-state index contributed by atoms with van der Waals surface area (Å²) in [4.78, 5) is 6.43. The van der Waals surface area contributed by atoms with Crippen molar-refractivity contribution in [2.45, 2.75) is 13.0 Å². The zero-order valence-corrected chi connectivity index (χ0v) is 5.46. The topological polar surface area (TPSA) is 15.6 Å². The summed E-state index contributed by atoms with van der Waals surface area (Å²) in [7, 11) is 2.12. The second-order valence-corrected chi connectivity index (χ2v) is 2.34. The molecule has 0 aliphatic carbocycles. The van der Waals surface area contributed by atoms with E-state index in [4.69, 9.17) is 0 Å². The van der Waals surface area contributed by atoms with E-state index in [2.05, 4.69) is 23.9 Å². The Bertz CT molecular complexity index is 86.7. The molecule has 2 nitrogen and oxygen atoms in total. The van der Waals surface area contributed by atoms with E-state index in [-0.39, 0.29) is 0 Å². The summed E-state index contributed by atoms with van der Waals surface area (Å²) in [5.41, 5.74) is 0. The maximum Gasteiger partial charge on any atom is 0.0539 e. The first-order valence-electron chi connectivity index (χ1n) is 2.99. The predicted molar refractivity (Wildman–Crippen MR) is 35.5 cm³/mol. The van der Waals surface area contributed by atoms with Crippen LogP contribution in [0.5, 0.6) is 0 Å². The maximum absolute atomic E-state index is 4.14. The molecule has 1 heterocycles. The molecule has 0 saturated carbocycles. The standard InChI is InChI=1S/C6H12N2/c1-6-5-7-3-4-8(6)2/h3,6H,4-5H2,1-2H3. The molecule has 0 N–H and O–H groups in total. The summed E-state index contributed by atoms with van der Waals surface area (Å²) in [6, 6.07) is 0.639. The minimum Gasteiger partial charge on any atom is -0.297 e. The fourth-order valence-electron chi connectivity index (χ4n) is 0.733. The van der Waals surface area contributed by atoms with Gasteiger partial charge in [0, 0.05) is 18.8 Å². The van der Waals surface area contributed by atoms with E-state index in [0.717, 1.165) is 13.1 Å². The molecule has 0 fully saturated rings. The Morgan fingerprint density at radius 1 is 1.75 bits per heavy atom. The molecular formula is C6H12N2. The Morgan fingerprint density at radius 2 is 2.50 bits per heavy atom. The summed E-state index contributed by atoms with van der Waals surface area (Å²) in [5.74, 6) is 0. The number of aliphatic imine (C=N–C) groups is 1. The van der Waals surface area contributed by atoms with Crippen molar-refractivity contribution in [1.29, 1.82) is 0 Å². The van der Waals surface area contributed by atoms with Gasteiger partial charge in [0.25, 0.3) is 0 Å². The van der Waals surface area contributed by atoms with Gasteiger partial charge in [-0.3, -0.25) is 9.89 Å². The molecule has 1 rings (SSSR count). The molecule has 0 aromatic heterocycles. The van der Waals surface area contributed by atoms with Crippen LogP contribution in [0.4, 0.5) is 0 Å². The fourth-order valence-corrected chi connectivity index (χ4v) is 0.733. The van der Waals surface area contributed by atoms with Crippen molar-refractivity contribution < 1.29 is 0 Å². The molecule has 0 aromatic rings. The number of likely N-dealkylation sites (N-methyl/N-ethyl adjacent to an activating group) is 1. The largest absolute Gasteiger partial charge is 0.297 e. The van der Waals surface area contributed by atoms with Crippen LogP contribution in [0.25, 0.3) is 0 Å². The smallest absolute Gasteiger partial charge is 0.0539 e. The Kier molecular flexibility index (Phi) is 1.63. The molecule has 8 heavy (non-hydrogen) atoms. The van der Waals surface area contributed by atoms with Crippen molar-refractivity contribution >= 4 is 6.21 Å². The Balaban J connectivity index is 2.44. The first kappa shape index (κ1) is 5.76. The number of nitrogens with zero attached hydrogens (tertiary/aromatic N) is 2. The normalized spacial score (nSPS) is 31.0. The molecule has 46 valence electrons. The van der Waals surface area contributed by atoms with Gasteiger partial charge in [-0.25, -0.2) is 0 Å². The Labute approximate surface area is 50.2 Å². The van der Waals surface area contributed by atoms with E-state index in [1.165, 1.54) is 0 Å².